The normalized spacial score (nSPS) is 38.6. The molecular formula is C15H28N2. The lowest BCUT2D eigenvalue weighted by Crippen LogP contribution is -2.47. The molecule has 0 aromatic rings. The first-order valence-corrected chi connectivity index (χ1v) is 7.67. The summed E-state index contributed by atoms with van der Waals surface area (Å²) in [5.41, 5.74) is 0.697. The van der Waals surface area contributed by atoms with Crippen LogP contribution in [0, 0.1) is 17.3 Å². The zero-order valence-electron chi connectivity index (χ0n) is 11.4. The molecule has 0 aromatic carbocycles. The lowest BCUT2D eigenvalue weighted by Gasteiger charge is -2.45. The van der Waals surface area contributed by atoms with E-state index in [0.717, 1.165) is 11.8 Å². The van der Waals surface area contributed by atoms with Crippen molar-refractivity contribution in [3.8, 4) is 0 Å². The second kappa shape index (κ2) is 4.89. The van der Waals surface area contributed by atoms with Gasteiger partial charge in [0, 0.05) is 13.1 Å². The van der Waals surface area contributed by atoms with Crippen LogP contribution >= 0.6 is 0 Å². The van der Waals surface area contributed by atoms with Crippen LogP contribution in [0.4, 0.5) is 0 Å². The number of likely N-dealkylation sites (tertiary alicyclic amines) is 1. The second-order valence-electron chi connectivity index (χ2n) is 6.97. The number of hydrogen-bond acceptors (Lipinski definition) is 2. The molecule has 2 heteroatoms. The van der Waals surface area contributed by atoms with Crippen molar-refractivity contribution in [2.24, 2.45) is 17.3 Å². The van der Waals surface area contributed by atoms with Crippen LogP contribution in [0.2, 0.25) is 0 Å². The molecule has 0 aromatic heterocycles. The van der Waals surface area contributed by atoms with Gasteiger partial charge >= 0.3 is 0 Å². The van der Waals surface area contributed by atoms with Gasteiger partial charge in [0.05, 0.1) is 0 Å². The van der Waals surface area contributed by atoms with Gasteiger partial charge in [-0.05, 0) is 63.1 Å². The molecule has 0 amide bonds. The molecule has 17 heavy (non-hydrogen) atoms. The minimum absolute atomic E-state index is 0.697. The van der Waals surface area contributed by atoms with E-state index in [1.165, 1.54) is 71.1 Å². The Labute approximate surface area is 106 Å². The molecular weight excluding hydrogens is 208 g/mol. The molecule has 3 rings (SSSR count). The van der Waals surface area contributed by atoms with Crippen molar-refractivity contribution in [1.29, 1.82) is 0 Å². The molecule has 2 atom stereocenters. The van der Waals surface area contributed by atoms with Gasteiger partial charge in [-0.2, -0.15) is 0 Å². The maximum absolute atomic E-state index is 3.77. The number of rotatable bonds is 1. The smallest absolute Gasteiger partial charge is 0.00102 e. The van der Waals surface area contributed by atoms with E-state index in [-0.39, 0.29) is 0 Å². The van der Waals surface area contributed by atoms with E-state index in [2.05, 4.69) is 17.3 Å². The summed E-state index contributed by atoms with van der Waals surface area (Å²) in [6.07, 6.45) is 10.4. The Kier molecular flexibility index (Phi) is 3.45. The molecule has 2 unspecified atom stereocenters. The first kappa shape index (κ1) is 12.0. The molecule has 1 aliphatic carbocycles. The number of nitrogens with zero attached hydrogens (tertiary/aromatic N) is 1. The van der Waals surface area contributed by atoms with Crippen molar-refractivity contribution in [3.05, 3.63) is 0 Å². The van der Waals surface area contributed by atoms with Gasteiger partial charge in [-0.3, -0.25) is 0 Å². The Bertz CT molecular complexity index is 252. The Morgan fingerprint density at radius 3 is 2.65 bits per heavy atom. The van der Waals surface area contributed by atoms with Gasteiger partial charge < -0.3 is 10.2 Å². The third-order valence-corrected chi connectivity index (χ3v) is 5.61. The number of hydrogen-bond donors (Lipinski definition) is 1. The molecule has 3 aliphatic rings. The van der Waals surface area contributed by atoms with Gasteiger partial charge in [0.15, 0.2) is 0 Å². The van der Waals surface area contributed by atoms with Crippen LogP contribution in [0.5, 0.6) is 0 Å². The van der Waals surface area contributed by atoms with Crippen LogP contribution in [-0.4, -0.2) is 38.1 Å². The van der Waals surface area contributed by atoms with Crippen LogP contribution in [0.1, 0.15) is 44.9 Å². The summed E-state index contributed by atoms with van der Waals surface area (Å²) in [4.78, 5) is 2.52. The summed E-state index contributed by atoms with van der Waals surface area (Å²) in [5, 5.41) is 3.77. The van der Waals surface area contributed by atoms with Gasteiger partial charge in [0.2, 0.25) is 0 Å². The van der Waals surface area contributed by atoms with Crippen LogP contribution in [0.3, 0.4) is 0 Å². The maximum atomic E-state index is 3.77. The molecule has 2 heterocycles. The van der Waals surface area contributed by atoms with Gasteiger partial charge in [-0.15, -0.1) is 0 Å². The Morgan fingerprint density at radius 1 is 1.12 bits per heavy atom. The SMILES string of the molecule is CN1CCC(C2CNCC3(CCCCC3)C2)C1. The highest BCUT2D eigenvalue weighted by molar-refractivity contribution is 4.94. The molecule has 1 spiro atoms. The monoisotopic (exact) mass is 236 g/mol. The predicted molar refractivity (Wildman–Crippen MR) is 72.1 cm³/mol. The largest absolute Gasteiger partial charge is 0.316 e. The molecule has 0 radical (unpaired) electrons. The van der Waals surface area contributed by atoms with Crippen molar-refractivity contribution in [1.82, 2.24) is 10.2 Å². The second-order valence-corrected chi connectivity index (χ2v) is 6.97. The fourth-order valence-electron chi connectivity index (χ4n) is 4.59. The highest BCUT2D eigenvalue weighted by Gasteiger charge is 2.40. The number of piperidine rings is 1. The van der Waals surface area contributed by atoms with E-state index in [0.29, 0.717) is 5.41 Å². The predicted octanol–water partition coefficient (Wildman–Crippen LogP) is 2.50. The zero-order valence-corrected chi connectivity index (χ0v) is 11.4. The first-order valence-electron chi connectivity index (χ1n) is 7.67. The first-order chi connectivity index (χ1) is 8.27. The van der Waals surface area contributed by atoms with Crippen molar-refractivity contribution in [2.45, 2.75) is 44.9 Å². The maximum Gasteiger partial charge on any atom is 0.00102 e. The minimum atomic E-state index is 0.697. The molecule has 2 saturated heterocycles. The minimum Gasteiger partial charge on any atom is -0.316 e. The van der Waals surface area contributed by atoms with Crippen LogP contribution in [-0.2, 0) is 0 Å². The van der Waals surface area contributed by atoms with Gasteiger partial charge in [0.25, 0.3) is 0 Å². The molecule has 2 nitrogen and oxygen atoms in total. The van der Waals surface area contributed by atoms with Crippen LogP contribution in [0.25, 0.3) is 0 Å². The van der Waals surface area contributed by atoms with E-state index in [9.17, 15) is 0 Å². The van der Waals surface area contributed by atoms with E-state index in [1.807, 2.05) is 0 Å². The Balaban J connectivity index is 1.62. The van der Waals surface area contributed by atoms with Crippen molar-refractivity contribution >= 4 is 0 Å². The fraction of sp³-hybridized carbons (Fsp3) is 1.00. The van der Waals surface area contributed by atoms with Crippen molar-refractivity contribution < 1.29 is 0 Å². The summed E-state index contributed by atoms with van der Waals surface area (Å²) in [5.74, 6) is 1.94. The Hall–Kier alpha value is -0.0800. The van der Waals surface area contributed by atoms with Gasteiger partial charge in [-0.1, -0.05) is 19.3 Å². The van der Waals surface area contributed by atoms with E-state index < -0.39 is 0 Å². The van der Waals surface area contributed by atoms with Crippen molar-refractivity contribution in [3.63, 3.8) is 0 Å². The lowest BCUT2D eigenvalue weighted by molar-refractivity contribution is 0.0810. The molecule has 3 fully saturated rings. The highest BCUT2D eigenvalue weighted by atomic mass is 15.1. The number of nitrogens with one attached hydrogen (secondary N) is 1. The van der Waals surface area contributed by atoms with E-state index >= 15 is 0 Å². The van der Waals surface area contributed by atoms with Crippen molar-refractivity contribution in [2.75, 3.05) is 33.2 Å². The lowest BCUT2D eigenvalue weighted by atomic mass is 9.65. The summed E-state index contributed by atoms with van der Waals surface area (Å²) >= 11 is 0. The van der Waals surface area contributed by atoms with E-state index in [4.69, 9.17) is 0 Å². The van der Waals surface area contributed by atoms with Crippen LogP contribution in [0.15, 0.2) is 0 Å². The molecule has 2 aliphatic heterocycles. The van der Waals surface area contributed by atoms with Gasteiger partial charge in [-0.25, -0.2) is 0 Å². The zero-order chi connectivity index (χ0) is 11.7. The standard InChI is InChI=1S/C15H28N2/c1-17-8-5-13(11-17)14-9-15(12-16-10-14)6-3-2-4-7-15/h13-14,16H,2-12H2,1H3. The third-order valence-electron chi connectivity index (χ3n) is 5.61. The molecule has 1 N–H and O–H groups in total. The highest BCUT2D eigenvalue weighted by Crippen LogP contribution is 2.45. The molecule has 1 saturated carbocycles. The average Bonchev–Trinajstić information content (AvgIpc) is 2.77. The van der Waals surface area contributed by atoms with E-state index in [1.54, 1.807) is 0 Å². The summed E-state index contributed by atoms with van der Waals surface area (Å²) < 4.78 is 0. The molecule has 0 bridgehead atoms. The topological polar surface area (TPSA) is 15.3 Å². The Morgan fingerprint density at radius 2 is 1.94 bits per heavy atom. The van der Waals surface area contributed by atoms with Gasteiger partial charge in [0.1, 0.15) is 0 Å². The molecule has 98 valence electrons. The third kappa shape index (κ3) is 2.53. The average molecular weight is 236 g/mol. The summed E-state index contributed by atoms with van der Waals surface area (Å²) in [6.45, 7) is 5.28. The fourth-order valence-corrected chi connectivity index (χ4v) is 4.59. The quantitative estimate of drug-likeness (QED) is 0.752. The summed E-state index contributed by atoms with van der Waals surface area (Å²) in [7, 11) is 2.28. The summed E-state index contributed by atoms with van der Waals surface area (Å²) in [6, 6.07) is 0. The van der Waals surface area contributed by atoms with Crippen LogP contribution < -0.4 is 5.32 Å².